The highest BCUT2D eigenvalue weighted by Gasteiger charge is 2.27. The normalized spacial score (nSPS) is 14.7. The molecular weight excluding hydrogens is 449 g/mol. The van der Waals surface area contributed by atoms with E-state index in [1.165, 1.54) is 10.4 Å². The number of anilines is 1. The predicted molar refractivity (Wildman–Crippen MR) is 125 cm³/mol. The van der Waals surface area contributed by atoms with Crippen LogP contribution in [0.3, 0.4) is 0 Å². The van der Waals surface area contributed by atoms with E-state index in [9.17, 15) is 17.6 Å². The summed E-state index contributed by atoms with van der Waals surface area (Å²) in [4.78, 5) is 13.8. The van der Waals surface area contributed by atoms with Gasteiger partial charge in [-0.3, -0.25) is 4.79 Å². The molecule has 0 atom stereocenters. The zero-order chi connectivity index (χ0) is 23.7. The lowest BCUT2D eigenvalue weighted by Crippen LogP contribution is -2.49. The maximum atomic E-state index is 13.9. The standard InChI is InChI=1S/C23H30FN3O5S/c1-2-31-19-8-10-20(11-9-19)32-18-23(28)25-12-5-17-33(29,30)27-15-13-26(14-16-27)22-7-4-3-6-21(22)24/h3-4,6-11H,2,5,12-18H2,1H3,(H,25,28). The Bertz CT molecular complexity index is 1010. The minimum absolute atomic E-state index is 0.0628. The Balaban J connectivity index is 1.34. The first kappa shape index (κ1) is 24.8. The number of ether oxygens (including phenoxy) is 2. The van der Waals surface area contributed by atoms with Gasteiger partial charge in [-0.1, -0.05) is 12.1 Å². The van der Waals surface area contributed by atoms with E-state index in [4.69, 9.17) is 9.47 Å². The van der Waals surface area contributed by atoms with Crippen molar-refractivity contribution >= 4 is 21.6 Å². The molecule has 10 heteroatoms. The summed E-state index contributed by atoms with van der Waals surface area (Å²) in [5, 5.41) is 2.67. The van der Waals surface area contributed by atoms with Crippen LogP contribution in [0.1, 0.15) is 13.3 Å². The molecule has 0 spiro atoms. The van der Waals surface area contributed by atoms with Gasteiger partial charge in [-0.25, -0.2) is 12.8 Å². The molecule has 0 radical (unpaired) electrons. The second-order valence-electron chi connectivity index (χ2n) is 7.55. The van der Waals surface area contributed by atoms with E-state index in [2.05, 4.69) is 5.32 Å². The molecule has 0 bridgehead atoms. The van der Waals surface area contributed by atoms with E-state index in [1.807, 2.05) is 11.8 Å². The molecule has 8 nitrogen and oxygen atoms in total. The SMILES string of the molecule is CCOc1ccc(OCC(=O)NCCCS(=O)(=O)N2CCN(c3ccccc3F)CC2)cc1. The van der Waals surface area contributed by atoms with E-state index in [-0.39, 0.29) is 30.6 Å². The monoisotopic (exact) mass is 479 g/mol. The molecule has 0 unspecified atom stereocenters. The van der Waals surface area contributed by atoms with Crippen molar-refractivity contribution in [2.24, 2.45) is 0 Å². The number of carbonyl (C=O) groups excluding carboxylic acids is 1. The molecule has 2 aromatic rings. The van der Waals surface area contributed by atoms with Crippen molar-refractivity contribution in [2.75, 3.05) is 56.6 Å². The first-order chi connectivity index (χ1) is 15.9. The molecular formula is C23H30FN3O5S. The van der Waals surface area contributed by atoms with Crippen LogP contribution in [0, 0.1) is 5.82 Å². The van der Waals surface area contributed by atoms with Gasteiger partial charge in [-0.15, -0.1) is 0 Å². The fraction of sp³-hybridized carbons (Fsp3) is 0.435. The summed E-state index contributed by atoms with van der Waals surface area (Å²) in [6.07, 6.45) is 0.296. The second-order valence-corrected chi connectivity index (χ2v) is 9.64. The Hall–Kier alpha value is -2.85. The van der Waals surface area contributed by atoms with Gasteiger partial charge >= 0.3 is 0 Å². The predicted octanol–water partition coefficient (Wildman–Crippen LogP) is 2.26. The van der Waals surface area contributed by atoms with Crippen LogP contribution >= 0.6 is 0 Å². The summed E-state index contributed by atoms with van der Waals surface area (Å²) in [5.41, 5.74) is 0.490. The van der Waals surface area contributed by atoms with Crippen molar-refractivity contribution in [3.63, 3.8) is 0 Å². The van der Waals surface area contributed by atoms with Crippen LogP contribution in [-0.4, -0.2) is 70.3 Å². The first-order valence-electron chi connectivity index (χ1n) is 11.0. The number of para-hydroxylation sites is 1. The van der Waals surface area contributed by atoms with Crippen molar-refractivity contribution in [2.45, 2.75) is 13.3 Å². The minimum Gasteiger partial charge on any atom is -0.494 e. The zero-order valence-corrected chi connectivity index (χ0v) is 19.5. The fourth-order valence-corrected chi connectivity index (χ4v) is 5.01. The van der Waals surface area contributed by atoms with Crippen LogP contribution in [-0.2, 0) is 14.8 Å². The molecule has 0 aliphatic carbocycles. The number of amides is 1. The Morgan fingerprint density at radius 1 is 1.00 bits per heavy atom. The number of hydrogen-bond donors (Lipinski definition) is 1. The minimum atomic E-state index is -3.44. The molecule has 1 amide bonds. The molecule has 0 saturated carbocycles. The van der Waals surface area contributed by atoms with Gasteiger partial charge in [0.2, 0.25) is 10.0 Å². The van der Waals surface area contributed by atoms with Crippen molar-refractivity contribution in [1.82, 2.24) is 9.62 Å². The molecule has 1 heterocycles. The average molecular weight is 480 g/mol. The average Bonchev–Trinajstić information content (AvgIpc) is 2.82. The van der Waals surface area contributed by atoms with Crippen molar-refractivity contribution in [1.29, 1.82) is 0 Å². The maximum Gasteiger partial charge on any atom is 0.257 e. The molecule has 1 fully saturated rings. The Morgan fingerprint density at radius 3 is 2.27 bits per heavy atom. The number of halogens is 1. The van der Waals surface area contributed by atoms with Gasteiger partial charge in [0.1, 0.15) is 17.3 Å². The van der Waals surface area contributed by atoms with Gasteiger partial charge in [-0.05, 0) is 49.7 Å². The Labute approximate surface area is 194 Å². The molecule has 1 aliphatic heterocycles. The third-order valence-corrected chi connectivity index (χ3v) is 7.19. The lowest BCUT2D eigenvalue weighted by molar-refractivity contribution is -0.123. The number of benzene rings is 2. The van der Waals surface area contributed by atoms with Gasteiger partial charge in [0.25, 0.3) is 5.91 Å². The quantitative estimate of drug-likeness (QED) is 0.498. The second kappa shape index (κ2) is 11.9. The number of carbonyl (C=O) groups is 1. The largest absolute Gasteiger partial charge is 0.494 e. The van der Waals surface area contributed by atoms with Crippen LogP contribution < -0.4 is 19.7 Å². The molecule has 33 heavy (non-hydrogen) atoms. The zero-order valence-electron chi connectivity index (χ0n) is 18.7. The van der Waals surface area contributed by atoms with Crippen LogP contribution in [0.5, 0.6) is 11.5 Å². The van der Waals surface area contributed by atoms with Gasteiger partial charge in [-0.2, -0.15) is 4.31 Å². The molecule has 1 N–H and O–H groups in total. The molecule has 0 aromatic heterocycles. The lowest BCUT2D eigenvalue weighted by Gasteiger charge is -2.35. The smallest absolute Gasteiger partial charge is 0.257 e. The molecule has 180 valence electrons. The number of rotatable bonds is 11. The fourth-order valence-electron chi connectivity index (χ4n) is 3.53. The molecule has 1 saturated heterocycles. The molecule has 3 rings (SSSR count). The number of sulfonamides is 1. The number of nitrogens with zero attached hydrogens (tertiary/aromatic N) is 2. The topological polar surface area (TPSA) is 88.2 Å². The Morgan fingerprint density at radius 2 is 1.64 bits per heavy atom. The number of piperazine rings is 1. The summed E-state index contributed by atoms with van der Waals surface area (Å²) in [7, 11) is -3.44. The summed E-state index contributed by atoms with van der Waals surface area (Å²) >= 11 is 0. The van der Waals surface area contributed by atoms with Crippen LogP contribution in [0.2, 0.25) is 0 Å². The van der Waals surface area contributed by atoms with E-state index in [1.54, 1.807) is 42.5 Å². The van der Waals surface area contributed by atoms with Crippen LogP contribution in [0.15, 0.2) is 48.5 Å². The first-order valence-corrected chi connectivity index (χ1v) is 12.6. The highest BCUT2D eigenvalue weighted by atomic mass is 32.2. The van der Waals surface area contributed by atoms with Crippen molar-refractivity contribution in [3.8, 4) is 11.5 Å². The summed E-state index contributed by atoms with van der Waals surface area (Å²) in [6, 6.07) is 13.4. The van der Waals surface area contributed by atoms with Crippen molar-refractivity contribution < 1.29 is 27.1 Å². The highest BCUT2D eigenvalue weighted by molar-refractivity contribution is 7.89. The molecule has 1 aliphatic rings. The van der Waals surface area contributed by atoms with Gasteiger partial charge < -0.3 is 19.7 Å². The van der Waals surface area contributed by atoms with Gasteiger partial charge in [0.15, 0.2) is 6.61 Å². The third-order valence-electron chi connectivity index (χ3n) is 5.23. The number of hydrogen-bond acceptors (Lipinski definition) is 6. The highest BCUT2D eigenvalue weighted by Crippen LogP contribution is 2.21. The summed E-state index contributed by atoms with van der Waals surface area (Å²) < 4.78 is 51.4. The maximum absolute atomic E-state index is 13.9. The third kappa shape index (κ3) is 7.33. The van der Waals surface area contributed by atoms with Gasteiger partial charge in [0, 0.05) is 32.7 Å². The summed E-state index contributed by atoms with van der Waals surface area (Å²) in [5.74, 6) is 0.581. The van der Waals surface area contributed by atoms with Crippen molar-refractivity contribution in [3.05, 3.63) is 54.3 Å². The molecule has 2 aromatic carbocycles. The van der Waals surface area contributed by atoms with E-state index in [0.717, 1.165) is 5.75 Å². The van der Waals surface area contributed by atoms with Crippen LogP contribution in [0.4, 0.5) is 10.1 Å². The lowest BCUT2D eigenvalue weighted by atomic mass is 10.2. The van der Waals surface area contributed by atoms with E-state index < -0.39 is 10.0 Å². The van der Waals surface area contributed by atoms with E-state index in [0.29, 0.717) is 50.6 Å². The summed E-state index contributed by atoms with van der Waals surface area (Å²) in [6.45, 7) is 4.02. The van der Waals surface area contributed by atoms with Gasteiger partial charge in [0.05, 0.1) is 18.0 Å². The number of nitrogens with one attached hydrogen (secondary N) is 1. The van der Waals surface area contributed by atoms with Crippen LogP contribution in [0.25, 0.3) is 0 Å². The van der Waals surface area contributed by atoms with E-state index >= 15 is 0 Å². The Kier molecular flexibility index (Phi) is 8.90.